The molecular formula is C13H21NO4S. The molecule has 6 heteroatoms. The second-order valence-electron chi connectivity index (χ2n) is 4.63. The van der Waals surface area contributed by atoms with Crippen molar-refractivity contribution in [3.05, 3.63) is 23.3 Å². The third-order valence-electron chi connectivity index (χ3n) is 2.79. The molecule has 1 aromatic carbocycles. The van der Waals surface area contributed by atoms with E-state index < -0.39 is 16.1 Å². The summed E-state index contributed by atoms with van der Waals surface area (Å²) in [6.07, 6.45) is -0.145. The minimum absolute atomic E-state index is 0.213. The second-order valence-corrected chi connectivity index (χ2v) is 6.33. The van der Waals surface area contributed by atoms with Crippen molar-refractivity contribution < 1.29 is 18.3 Å². The van der Waals surface area contributed by atoms with Crippen LogP contribution in [0.5, 0.6) is 5.75 Å². The lowest BCUT2D eigenvalue weighted by Crippen LogP contribution is -2.28. The highest BCUT2D eigenvalue weighted by Crippen LogP contribution is 2.25. The average molecular weight is 287 g/mol. The largest absolute Gasteiger partial charge is 0.497 e. The van der Waals surface area contributed by atoms with Gasteiger partial charge >= 0.3 is 0 Å². The molecule has 0 amide bonds. The lowest BCUT2D eigenvalue weighted by atomic mass is 10.1. The fraction of sp³-hybridized carbons (Fsp3) is 0.538. The van der Waals surface area contributed by atoms with Gasteiger partial charge in [-0.2, -0.15) is 0 Å². The third-order valence-corrected chi connectivity index (χ3v) is 4.56. The van der Waals surface area contributed by atoms with Crippen LogP contribution in [0.25, 0.3) is 0 Å². The van der Waals surface area contributed by atoms with E-state index in [1.165, 1.54) is 0 Å². The van der Waals surface area contributed by atoms with Crippen molar-refractivity contribution in [2.75, 3.05) is 13.7 Å². The smallest absolute Gasteiger partial charge is 0.241 e. The third kappa shape index (κ3) is 4.19. The first-order valence-corrected chi connectivity index (χ1v) is 7.59. The molecule has 1 unspecified atom stereocenters. The van der Waals surface area contributed by atoms with Crippen LogP contribution in [0.1, 0.15) is 24.5 Å². The molecule has 0 heterocycles. The zero-order valence-electron chi connectivity index (χ0n) is 11.7. The van der Waals surface area contributed by atoms with Crippen LogP contribution >= 0.6 is 0 Å². The Morgan fingerprint density at radius 2 is 1.84 bits per heavy atom. The maximum absolute atomic E-state index is 12.2. The van der Waals surface area contributed by atoms with Crippen LogP contribution in [0.4, 0.5) is 0 Å². The van der Waals surface area contributed by atoms with Gasteiger partial charge in [0, 0.05) is 6.54 Å². The number of hydrogen-bond donors (Lipinski definition) is 2. The van der Waals surface area contributed by atoms with Gasteiger partial charge in [0.2, 0.25) is 10.0 Å². The number of aryl methyl sites for hydroxylation is 2. The second kappa shape index (κ2) is 6.36. The normalized spacial score (nSPS) is 13.3. The average Bonchev–Trinajstić information content (AvgIpc) is 2.26. The number of nitrogens with one attached hydrogen (secondary N) is 1. The molecule has 0 saturated heterocycles. The summed E-state index contributed by atoms with van der Waals surface area (Å²) in [7, 11) is -2.01. The summed E-state index contributed by atoms with van der Waals surface area (Å²) in [4.78, 5) is 0.277. The Bertz CT molecular complexity index is 515. The van der Waals surface area contributed by atoms with Gasteiger partial charge < -0.3 is 9.84 Å². The van der Waals surface area contributed by atoms with Crippen molar-refractivity contribution >= 4 is 10.0 Å². The highest BCUT2D eigenvalue weighted by molar-refractivity contribution is 7.89. The summed E-state index contributed by atoms with van der Waals surface area (Å²) in [6.45, 7) is 5.31. The fourth-order valence-corrected chi connectivity index (χ4v) is 3.42. The maximum Gasteiger partial charge on any atom is 0.241 e. The Hall–Kier alpha value is -1.11. The van der Waals surface area contributed by atoms with E-state index in [1.54, 1.807) is 40.0 Å². The van der Waals surface area contributed by atoms with Crippen LogP contribution in [0.3, 0.4) is 0 Å². The molecule has 5 nitrogen and oxygen atoms in total. The Balaban J connectivity index is 3.01. The van der Waals surface area contributed by atoms with E-state index in [0.717, 1.165) is 0 Å². The lowest BCUT2D eigenvalue weighted by molar-refractivity contribution is 0.186. The van der Waals surface area contributed by atoms with Gasteiger partial charge in [-0.05, 0) is 50.5 Å². The van der Waals surface area contributed by atoms with Gasteiger partial charge in [-0.25, -0.2) is 13.1 Å². The van der Waals surface area contributed by atoms with Crippen molar-refractivity contribution in [2.45, 2.75) is 38.2 Å². The van der Waals surface area contributed by atoms with Crippen LogP contribution in [0, 0.1) is 13.8 Å². The number of sulfonamides is 1. The van der Waals surface area contributed by atoms with E-state index >= 15 is 0 Å². The van der Waals surface area contributed by atoms with Crippen molar-refractivity contribution in [3.8, 4) is 5.75 Å². The van der Waals surface area contributed by atoms with Gasteiger partial charge in [0.15, 0.2) is 0 Å². The Labute approximate surface area is 114 Å². The topological polar surface area (TPSA) is 75.6 Å². The van der Waals surface area contributed by atoms with Crippen LogP contribution in [-0.2, 0) is 10.0 Å². The standard InChI is InChI=1S/C13H21NO4S/c1-9-7-12(18-4)8-10(2)13(9)19(16,17)14-6-5-11(3)15/h7-8,11,14-15H,5-6H2,1-4H3. The number of hydrogen-bond acceptors (Lipinski definition) is 4. The molecule has 0 fully saturated rings. The molecule has 0 aromatic heterocycles. The van der Waals surface area contributed by atoms with E-state index in [1.807, 2.05) is 0 Å². The maximum atomic E-state index is 12.2. The van der Waals surface area contributed by atoms with Gasteiger partial charge in [0.1, 0.15) is 5.75 Å². The summed E-state index contributed by atoms with van der Waals surface area (Å²) >= 11 is 0. The van der Waals surface area contributed by atoms with E-state index in [-0.39, 0.29) is 11.4 Å². The molecule has 0 radical (unpaired) electrons. The van der Waals surface area contributed by atoms with Crippen LogP contribution in [-0.4, -0.2) is 33.3 Å². The molecule has 108 valence electrons. The molecule has 0 aliphatic heterocycles. The monoisotopic (exact) mass is 287 g/mol. The molecule has 1 rings (SSSR count). The number of ether oxygens (including phenoxy) is 1. The highest BCUT2D eigenvalue weighted by Gasteiger charge is 2.20. The van der Waals surface area contributed by atoms with Crippen LogP contribution in [0.15, 0.2) is 17.0 Å². The zero-order chi connectivity index (χ0) is 14.6. The number of aliphatic hydroxyl groups is 1. The minimum Gasteiger partial charge on any atom is -0.497 e. The fourth-order valence-electron chi connectivity index (χ4n) is 1.93. The number of methoxy groups -OCH3 is 1. The quantitative estimate of drug-likeness (QED) is 0.828. The highest BCUT2D eigenvalue weighted by atomic mass is 32.2. The van der Waals surface area contributed by atoms with Crippen molar-refractivity contribution in [2.24, 2.45) is 0 Å². The van der Waals surface area contributed by atoms with Gasteiger partial charge in [0.25, 0.3) is 0 Å². The molecule has 1 aromatic rings. The Morgan fingerprint density at radius 1 is 1.32 bits per heavy atom. The summed E-state index contributed by atoms with van der Waals surface area (Å²) < 4.78 is 32.0. The number of rotatable bonds is 6. The number of aliphatic hydroxyl groups excluding tert-OH is 1. The Kier molecular flexibility index (Phi) is 5.34. The van der Waals surface area contributed by atoms with Gasteiger partial charge in [-0.15, -0.1) is 0 Å². The molecular weight excluding hydrogens is 266 g/mol. The van der Waals surface area contributed by atoms with Gasteiger partial charge in [-0.3, -0.25) is 0 Å². The molecule has 1 atom stereocenters. The summed E-state index contributed by atoms with van der Waals surface area (Å²) in [6, 6.07) is 3.38. The molecule has 2 N–H and O–H groups in total. The molecule has 0 aliphatic carbocycles. The van der Waals surface area contributed by atoms with Crippen molar-refractivity contribution in [1.82, 2.24) is 4.72 Å². The van der Waals surface area contributed by atoms with E-state index in [0.29, 0.717) is 23.3 Å². The molecule has 0 saturated carbocycles. The van der Waals surface area contributed by atoms with E-state index in [9.17, 15) is 8.42 Å². The molecule has 19 heavy (non-hydrogen) atoms. The molecule has 0 bridgehead atoms. The van der Waals surface area contributed by atoms with Gasteiger partial charge in [-0.1, -0.05) is 0 Å². The van der Waals surface area contributed by atoms with Crippen LogP contribution in [0.2, 0.25) is 0 Å². The van der Waals surface area contributed by atoms with Gasteiger partial charge in [0.05, 0.1) is 18.1 Å². The summed E-state index contributed by atoms with van der Waals surface area (Å²) in [5.74, 6) is 0.637. The first kappa shape index (κ1) is 15.9. The zero-order valence-corrected chi connectivity index (χ0v) is 12.5. The summed E-state index contributed by atoms with van der Waals surface area (Å²) in [5, 5.41) is 9.15. The predicted octanol–water partition coefficient (Wildman–Crippen LogP) is 1.36. The number of benzene rings is 1. The van der Waals surface area contributed by atoms with Crippen LogP contribution < -0.4 is 9.46 Å². The predicted molar refractivity (Wildman–Crippen MR) is 74.0 cm³/mol. The first-order valence-electron chi connectivity index (χ1n) is 6.11. The molecule has 0 aliphatic rings. The molecule has 0 spiro atoms. The Morgan fingerprint density at radius 3 is 2.26 bits per heavy atom. The summed E-state index contributed by atoms with van der Waals surface area (Å²) in [5.41, 5.74) is 1.28. The van der Waals surface area contributed by atoms with Crippen molar-refractivity contribution in [1.29, 1.82) is 0 Å². The first-order chi connectivity index (χ1) is 8.77. The minimum atomic E-state index is -3.56. The lowest BCUT2D eigenvalue weighted by Gasteiger charge is -2.14. The van der Waals surface area contributed by atoms with Crippen molar-refractivity contribution in [3.63, 3.8) is 0 Å². The van der Waals surface area contributed by atoms with E-state index in [4.69, 9.17) is 9.84 Å². The SMILES string of the molecule is COc1cc(C)c(S(=O)(=O)NCCC(C)O)c(C)c1. The van der Waals surface area contributed by atoms with E-state index in [2.05, 4.69) is 4.72 Å².